The maximum atomic E-state index is 9.00. The Hall–Kier alpha value is -0.510. The van der Waals surface area contributed by atoms with Crippen LogP contribution in [-0.2, 0) is 6.54 Å². The van der Waals surface area contributed by atoms with Crippen LogP contribution in [0.3, 0.4) is 0 Å². The first-order valence-corrected chi connectivity index (χ1v) is 7.98. The van der Waals surface area contributed by atoms with E-state index in [4.69, 9.17) is 5.11 Å². The van der Waals surface area contributed by atoms with Crippen LogP contribution in [0, 0.1) is 12.8 Å². The Bertz CT molecular complexity index is 379. The number of aryl methyl sites for hydroxylation is 1. The summed E-state index contributed by atoms with van der Waals surface area (Å²) in [6.07, 6.45) is 0.845. The molecule has 3 heteroatoms. The highest BCUT2D eigenvalue weighted by Gasteiger charge is 2.08. The highest BCUT2D eigenvalue weighted by atomic mass is 32.2. The van der Waals surface area contributed by atoms with Gasteiger partial charge in [0.15, 0.2) is 0 Å². The molecule has 0 saturated carbocycles. The second kappa shape index (κ2) is 8.62. The Morgan fingerprint density at radius 3 is 2.63 bits per heavy atom. The van der Waals surface area contributed by atoms with E-state index in [-0.39, 0.29) is 6.61 Å². The van der Waals surface area contributed by atoms with Crippen molar-refractivity contribution in [2.75, 3.05) is 13.2 Å². The Morgan fingerprint density at radius 2 is 2.00 bits per heavy atom. The lowest BCUT2D eigenvalue weighted by Gasteiger charge is -2.15. The molecule has 1 atom stereocenters. The molecule has 0 aromatic heterocycles. The SMILES string of the molecule is Cc1ccc(SC(C)CCO)c(CNCC(C)C)c1. The lowest BCUT2D eigenvalue weighted by molar-refractivity contribution is 0.289. The molecule has 0 amide bonds. The van der Waals surface area contributed by atoms with Crippen LogP contribution in [0.2, 0.25) is 0 Å². The van der Waals surface area contributed by atoms with Crippen molar-refractivity contribution in [3.05, 3.63) is 29.3 Å². The van der Waals surface area contributed by atoms with Gasteiger partial charge in [-0.05, 0) is 37.4 Å². The number of thioether (sulfide) groups is 1. The van der Waals surface area contributed by atoms with Crippen LogP contribution in [0.1, 0.15) is 38.3 Å². The molecule has 0 aliphatic carbocycles. The van der Waals surface area contributed by atoms with Crippen molar-refractivity contribution in [2.24, 2.45) is 5.92 Å². The van der Waals surface area contributed by atoms with E-state index in [0.717, 1.165) is 19.5 Å². The van der Waals surface area contributed by atoms with E-state index in [9.17, 15) is 0 Å². The predicted molar refractivity (Wildman–Crippen MR) is 84.7 cm³/mol. The predicted octanol–water partition coefficient (Wildman–Crippen LogP) is 3.60. The Balaban J connectivity index is 2.68. The Kier molecular flexibility index (Phi) is 7.51. The molecule has 0 aliphatic heterocycles. The van der Waals surface area contributed by atoms with Crippen molar-refractivity contribution in [2.45, 2.75) is 50.8 Å². The quantitative estimate of drug-likeness (QED) is 0.714. The fourth-order valence-electron chi connectivity index (χ4n) is 1.91. The van der Waals surface area contributed by atoms with E-state index < -0.39 is 0 Å². The molecular weight excluding hydrogens is 254 g/mol. The number of nitrogens with one attached hydrogen (secondary N) is 1. The molecule has 0 fully saturated rings. The van der Waals surface area contributed by atoms with Gasteiger partial charge in [0.25, 0.3) is 0 Å². The molecule has 1 rings (SSSR count). The maximum Gasteiger partial charge on any atom is 0.0441 e. The molecule has 0 heterocycles. The van der Waals surface area contributed by atoms with Gasteiger partial charge in [-0.3, -0.25) is 0 Å². The van der Waals surface area contributed by atoms with Crippen LogP contribution >= 0.6 is 11.8 Å². The van der Waals surface area contributed by atoms with Crippen LogP contribution in [-0.4, -0.2) is 23.5 Å². The minimum Gasteiger partial charge on any atom is -0.396 e. The van der Waals surface area contributed by atoms with Crippen molar-refractivity contribution in [1.82, 2.24) is 5.32 Å². The first-order valence-electron chi connectivity index (χ1n) is 7.10. The molecule has 0 aliphatic rings. The minimum atomic E-state index is 0.265. The smallest absolute Gasteiger partial charge is 0.0441 e. The zero-order valence-corrected chi connectivity index (χ0v) is 13.4. The summed E-state index contributed by atoms with van der Waals surface area (Å²) in [5, 5.41) is 13.0. The number of aliphatic hydroxyl groups is 1. The second-order valence-corrected chi connectivity index (χ2v) is 7.06. The zero-order valence-electron chi connectivity index (χ0n) is 12.6. The van der Waals surface area contributed by atoms with E-state index >= 15 is 0 Å². The number of hydrogen-bond acceptors (Lipinski definition) is 3. The molecule has 0 radical (unpaired) electrons. The fraction of sp³-hybridized carbons (Fsp3) is 0.625. The van der Waals surface area contributed by atoms with Gasteiger partial charge in [-0.1, -0.05) is 38.5 Å². The van der Waals surface area contributed by atoms with Crippen molar-refractivity contribution < 1.29 is 5.11 Å². The van der Waals surface area contributed by atoms with Gasteiger partial charge >= 0.3 is 0 Å². The molecule has 2 N–H and O–H groups in total. The highest BCUT2D eigenvalue weighted by Crippen LogP contribution is 2.29. The van der Waals surface area contributed by atoms with Crippen LogP contribution in [0.5, 0.6) is 0 Å². The number of rotatable bonds is 8. The lowest BCUT2D eigenvalue weighted by Crippen LogP contribution is -2.19. The summed E-state index contributed by atoms with van der Waals surface area (Å²) >= 11 is 1.86. The summed E-state index contributed by atoms with van der Waals surface area (Å²) in [4.78, 5) is 1.34. The minimum absolute atomic E-state index is 0.265. The van der Waals surface area contributed by atoms with Crippen LogP contribution in [0.4, 0.5) is 0 Å². The van der Waals surface area contributed by atoms with Gasteiger partial charge in [0.2, 0.25) is 0 Å². The van der Waals surface area contributed by atoms with Gasteiger partial charge in [0, 0.05) is 23.3 Å². The van der Waals surface area contributed by atoms with Crippen molar-refractivity contribution in [1.29, 1.82) is 0 Å². The fourth-order valence-corrected chi connectivity index (χ4v) is 3.00. The van der Waals surface area contributed by atoms with Gasteiger partial charge in [-0.2, -0.15) is 0 Å². The monoisotopic (exact) mass is 281 g/mol. The first kappa shape index (κ1) is 16.5. The van der Waals surface area contributed by atoms with Gasteiger partial charge in [-0.15, -0.1) is 11.8 Å². The standard InChI is InChI=1S/C16H27NOS/c1-12(2)10-17-11-15-9-13(3)5-6-16(15)19-14(4)7-8-18/h5-6,9,12,14,17-18H,7-8,10-11H2,1-4H3. The molecule has 1 unspecified atom stereocenters. The van der Waals surface area contributed by atoms with E-state index in [1.54, 1.807) is 0 Å². The van der Waals surface area contributed by atoms with Crippen molar-refractivity contribution in [3.8, 4) is 0 Å². The van der Waals surface area contributed by atoms with Gasteiger partial charge in [0.05, 0.1) is 0 Å². The number of benzene rings is 1. The molecular formula is C16H27NOS. The summed E-state index contributed by atoms with van der Waals surface area (Å²) in [7, 11) is 0. The van der Waals surface area contributed by atoms with E-state index in [1.807, 2.05) is 11.8 Å². The number of aliphatic hydroxyl groups excluding tert-OH is 1. The average molecular weight is 281 g/mol. The van der Waals surface area contributed by atoms with Crippen molar-refractivity contribution in [3.63, 3.8) is 0 Å². The largest absolute Gasteiger partial charge is 0.396 e. The van der Waals surface area contributed by atoms with Crippen LogP contribution in [0.15, 0.2) is 23.1 Å². The molecule has 0 saturated heterocycles. The third-order valence-corrected chi connectivity index (χ3v) is 4.24. The molecule has 2 nitrogen and oxygen atoms in total. The molecule has 108 valence electrons. The zero-order chi connectivity index (χ0) is 14.3. The Labute approximate surface area is 122 Å². The molecule has 19 heavy (non-hydrogen) atoms. The van der Waals surface area contributed by atoms with Gasteiger partial charge in [0.1, 0.15) is 0 Å². The van der Waals surface area contributed by atoms with Gasteiger partial charge < -0.3 is 10.4 Å². The summed E-state index contributed by atoms with van der Waals surface area (Å²) in [6.45, 7) is 11.0. The van der Waals surface area contributed by atoms with Crippen LogP contribution in [0.25, 0.3) is 0 Å². The molecule has 0 bridgehead atoms. The number of hydrogen-bond donors (Lipinski definition) is 2. The first-order chi connectivity index (χ1) is 9.02. The second-order valence-electron chi connectivity index (χ2n) is 5.58. The summed E-state index contributed by atoms with van der Waals surface area (Å²) < 4.78 is 0. The van der Waals surface area contributed by atoms with E-state index in [1.165, 1.54) is 16.0 Å². The normalized spacial score (nSPS) is 12.9. The third-order valence-electron chi connectivity index (χ3n) is 2.95. The average Bonchev–Trinajstić information content (AvgIpc) is 2.32. The maximum absolute atomic E-state index is 9.00. The van der Waals surface area contributed by atoms with Crippen molar-refractivity contribution >= 4 is 11.8 Å². The summed E-state index contributed by atoms with van der Waals surface area (Å²) in [5.41, 5.74) is 2.68. The van der Waals surface area contributed by atoms with Crippen LogP contribution < -0.4 is 5.32 Å². The molecule has 0 spiro atoms. The topological polar surface area (TPSA) is 32.3 Å². The van der Waals surface area contributed by atoms with E-state index in [2.05, 4.69) is 51.2 Å². The Morgan fingerprint density at radius 1 is 1.26 bits per heavy atom. The summed E-state index contributed by atoms with van der Waals surface area (Å²) in [6, 6.07) is 6.64. The highest BCUT2D eigenvalue weighted by molar-refractivity contribution is 8.00. The third kappa shape index (κ3) is 6.46. The molecule has 1 aromatic carbocycles. The lowest BCUT2D eigenvalue weighted by atomic mass is 10.1. The van der Waals surface area contributed by atoms with Gasteiger partial charge in [-0.25, -0.2) is 0 Å². The van der Waals surface area contributed by atoms with E-state index in [0.29, 0.717) is 11.2 Å². The summed E-state index contributed by atoms with van der Waals surface area (Å²) in [5.74, 6) is 0.675. The molecule has 1 aromatic rings.